The van der Waals surface area contributed by atoms with Gasteiger partial charge in [0.1, 0.15) is 5.75 Å². The van der Waals surface area contributed by atoms with Gasteiger partial charge in [0.2, 0.25) is 0 Å². The Kier molecular flexibility index (Phi) is 5.80. The van der Waals surface area contributed by atoms with E-state index in [0.717, 1.165) is 0 Å². The first-order valence-corrected chi connectivity index (χ1v) is 5.64. The van der Waals surface area contributed by atoms with E-state index in [9.17, 15) is 4.79 Å². The Hall–Kier alpha value is -1.26. The van der Waals surface area contributed by atoms with Crippen molar-refractivity contribution in [1.29, 1.82) is 0 Å². The summed E-state index contributed by atoms with van der Waals surface area (Å²) in [6, 6.07) is 5.17. The zero-order valence-corrected chi connectivity index (χ0v) is 10.4. The minimum atomic E-state index is -0.262. The molecule has 0 amide bonds. The standard InChI is InChI=1S/C12H15ClO4/c1-16-12(15)6-3-7-17-11-5-2-4-10(13)9(11)8-14/h2,4-5,14H,3,6-8H2,1H3. The van der Waals surface area contributed by atoms with Gasteiger partial charge >= 0.3 is 5.97 Å². The van der Waals surface area contributed by atoms with Crippen molar-refractivity contribution in [3.63, 3.8) is 0 Å². The lowest BCUT2D eigenvalue weighted by atomic mass is 10.2. The average Bonchev–Trinajstić information content (AvgIpc) is 2.34. The molecule has 0 spiro atoms. The third-order valence-electron chi connectivity index (χ3n) is 2.24. The van der Waals surface area contributed by atoms with Gasteiger partial charge in [-0.1, -0.05) is 17.7 Å². The Bertz CT molecular complexity index is 379. The molecule has 4 nitrogen and oxygen atoms in total. The van der Waals surface area contributed by atoms with Gasteiger partial charge in [-0.25, -0.2) is 0 Å². The predicted molar refractivity (Wildman–Crippen MR) is 64.1 cm³/mol. The molecule has 0 heterocycles. The van der Waals surface area contributed by atoms with E-state index in [1.807, 2.05) is 0 Å². The van der Waals surface area contributed by atoms with Crippen LogP contribution in [0.3, 0.4) is 0 Å². The van der Waals surface area contributed by atoms with Crippen molar-refractivity contribution in [3.05, 3.63) is 28.8 Å². The van der Waals surface area contributed by atoms with Gasteiger partial charge in [0.15, 0.2) is 0 Å². The lowest BCUT2D eigenvalue weighted by Gasteiger charge is -2.10. The maximum atomic E-state index is 10.9. The Morgan fingerprint density at radius 2 is 2.24 bits per heavy atom. The number of aliphatic hydroxyl groups excluding tert-OH is 1. The van der Waals surface area contributed by atoms with E-state index in [4.69, 9.17) is 21.4 Å². The molecule has 0 aliphatic heterocycles. The average molecular weight is 259 g/mol. The van der Waals surface area contributed by atoms with Crippen molar-refractivity contribution in [2.75, 3.05) is 13.7 Å². The van der Waals surface area contributed by atoms with E-state index < -0.39 is 0 Å². The summed E-state index contributed by atoms with van der Waals surface area (Å²) in [7, 11) is 1.35. The summed E-state index contributed by atoms with van der Waals surface area (Å²) in [5, 5.41) is 9.61. The second-order valence-electron chi connectivity index (χ2n) is 3.40. The summed E-state index contributed by atoms with van der Waals surface area (Å²) in [5.41, 5.74) is 0.562. The summed E-state index contributed by atoms with van der Waals surface area (Å²) in [4.78, 5) is 10.9. The highest BCUT2D eigenvalue weighted by molar-refractivity contribution is 6.31. The molecular weight excluding hydrogens is 244 g/mol. The molecule has 0 aromatic heterocycles. The Balaban J connectivity index is 2.46. The van der Waals surface area contributed by atoms with E-state index >= 15 is 0 Å². The van der Waals surface area contributed by atoms with E-state index in [1.165, 1.54) is 7.11 Å². The third-order valence-corrected chi connectivity index (χ3v) is 2.60. The largest absolute Gasteiger partial charge is 0.493 e. The number of hydrogen-bond acceptors (Lipinski definition) is 4. The molecule has 1 aromatic carbocycles. The molecular formula is C12H15ClO4. The molecule has 1 rings (SSSR count). The van der Waals surface area contributed by atoms with E-state index in [0.29, 0.717) is 35.8 Å². The minimum absolute atomic E-state index is 0.175. The minimum Gasteiger partial charge on any atom is -0.493 e. The SMILES string of the molecule is COC(=O)CCCOc1cccc(Cl)c1CO. The maximum Gasteiger partial charge on any atom is 0.305 e. The van der Waals surface area contributed by atoms with Gasteiger partial charge in [0.25, 0.3) is 0 Å². The molecule has 5 heteroatoms. The molecule has 1 N–H and O–H groups in total. The van der Waals surface area contributed by atoms with Crippen LogP contribution >= 0.6 is 11.6 Å². The van der Waals surface area contributed by atoms with Gasteiger partial charge in [-0.15, -0.1) is 0 Å². The lowest BCUT2D eigenvalue weighted by Crippen LogP contribution is -2.05. The van der Waals surface area contributed by atoms with E-state index in [1.54, 1.807) is 18.2 Å². The summed E-state index contributed by atoms with van der Waals surface area (Å²) in [6.07, 6.45) is 0.871. The van der Waals surface area contributed by atoms with Crippen LogP contribution in [0.25, 0.3) is 0 Å². The van der Waals surface area contributed by atoms with Crippen molar-refractivity contribution < 1.29 is 19.4 Å². The van der Waals surface area contributed by atoms with Gasteiger partial charge in [-0.2, -0.15) is 0 Å². The molecule has 0 fully saturated rings. The summed E-state index contributed by atoms with van der Waals surface area (Å²) < 4.78 is 9.96. The molecule has 0 unspecified atom stereocenters. The van der Waals surface area contributed by atoms with Crippen LogP contribution in [0.1, 0.15) is 18.4 Å². The number of aliphatic hydroxyl groups is 1. The Morgan fingerprint density at radius 3 is 2.88 bits per heavy atom. The predicted octanol–water partition coefficient (Wildman–Crippen LogP) is 2.16. The number of hydrogen-bond donors (Lipinski definition) is 1. The molecule has 0 radical (unpaired) electrons. The first-order chi connectivity index (χ1) is 8.19. The first-order valence-electron chi connectivity index (χ1n) is 5.27. The molecule has 0 aliphatic rings. The molecule has 94 valence electrons. The van der Waals surface area contributed by atoms with Crippen LogP contribution in [-0.4, -0.2) is 24.8 Å². The fraction of sp³-hybridized carbons (Fsp3) is 0.417. The fourth-order valence-corrected chi connectivity index (χ4v) is 1.55. The van der Waals surface area contributed by atoms with Crippen molar-refractivity contribution >= 4 is 17.6 Å². The van der Waals surface area contributed by atoms with Crippen molar-refractivity contribution in [2.45, 2.75) is 19.4 Å². The zero-order chi connectivity index (χ0) is 12.7. The summed E-state index contributed by atoms with van der Waals surface area (Å²) in [5.74, 6) is 0.284. The summed E-state index contributed by atoms with van der Waals surface area (Å²) in [6.45, 7) is 0.203. The van der Waals surface area contributed by atoms with E-state index in [2.05, 4.69) is 4.74 Å². The number of esters is 1. The second-order valence-corrected chi connectivity index (χ2v) is 3.81. The monoisotopic (exact) mass is 258 g/mol. The number of methoxy groups -OCH3 is 1. The Labute approximate surface area is 105 Å². The number of carbonyl (C=O) groups is 1. The van der Waals surface area contributed by atoms with Crippen LogP contribution in [0.15, 0.2) is 18.2 Å². The number of rotatable bonds is 6. The first kappa shape index (κ1) is 13.8. The highest BCUT2D eigenvalue weighted by Crippen LogP contribution is 2.26. The Morgan fingerprint density at radius 1 is 1.47 bits per heavy atom. The molecule has 0 atom stereocenters. The smallest absolute Gasteiger partial charge is 0.305 e. The second kappa shape index (κ2) is 7.14. The van der Waals surface area contributed by atoms with Gasteiger partial charge < -0.3 is 14.6 Å². The van der Waals surface area contributed by atoms with Crippen LogP contribution < -0.4 is 4.74 Å². The highest BCUT2D eigenvalue weighted by Gasteiger charge is 2.07. The number of carbonyl (C=O) groups excluding carboxylic acids is 1. The number of ether oxygens (including phenoxy) is 2. The quantitative estimate of drug-likeness (QED) is 0.628. The van der Waals surface area contributed by atoms with Gasteiger partial charge in [0.05, 0.1) is 20.3 Å². The molecule has 0 saturated heterocycles. The molecule has 1 aromatic rings. The van der Waals surface area contributed by atoms with Crippen LogP contribution in [-0.2, 0) is 16.1 Å². The van der Waals surface area contributed by atoms with Crippen molar-refractivity contribution in [3.8, 4) is 5.75 Å². The zero-order valence-electron chi connectivity index (χ0n) is 9.61. The molecule has 0 aliphatic carbocycles. The van der Waals surface area contributed by atoms with Gasteiger partial charge in [0, 0.05) is 17.0 Å². The number of benzene rings is 1. The lowest BCUT2D eigenvalue weighted by molar-refractivity contribution is -0.140. The van der Waals surface area contributed by atoms with Gasteiger partial charge in [-0.3, -0.25) is 4.79 Å². The van der Waals surface area contributed by atoms with Crippen molar-refractivity contribution in [2.24, 2.45) is 0 Å². The molecule has 17 heavy (non-hydrogen) atoms. The van der Waals surface area contributed by atoms with Crippen LogP contribution in [0.5, 0.6) is 5.75 Å². The normalized spacial score (nSPS) is 10.1. The van der Waals surface area contributed by atoms with E-state index in [-0.39, 0.29) is 12.6 Å². The molecule has 0 bridgehead atoms. The van der Waals surface area contributed by atoms with Crippen LogP contribution in [0, 0.1) is 0 Å². The fourth-order valence-electron chi connectivity index (χ4n) is 1.33. The number of halogens is 1. The maximum absolute atomic E-state index is 10.9. The van der Waals surface area contributed by atoms with Crippen LogP contribution in [0.4, 0.5) is 0 Å². The topological polar surface area (TPSA) is 55.8 Å². The summed E-state index contributed by atoms with van der Waals surface area (Å²) >= 11 is 5.90. The van der Waals surface area contributed by atoms with Gasteiger partial charge in [-0.05, 0) is 18.6 Å². The highest BCUT2D eigenvalue weighted by atomic mass is 35.5. The molecule has 0 saturated carbocycles. The van der Waals surface area contributed by atoms with Crippen molar-refractivity contribution in [1.82, 2.24) is 0 Å². The third kappa shape index (κ3) is 4.24. The van der Waals surface area contributed by atoms with Crippen LogP contribution in [0.2, 0.25) is 5.02 Å².